The molecular weight excluding hydrogens is 364 g/mol. The Kier molecular flexibility index (Phi) is 6.24. The lowest BCUT2D eigenvalue weighted by Crippen LogP contribution is -2.40. The van der Waals surface area contributed by atoms with Gasteiger partial charge in [-0.3, -0.25) is 14.4 Å². The van der Waals surface area contributed by atoms with Crippen LogP contribution in [0.4, 0.5) is 5.69 Å². The second-order valence-corrected chi connectivity index (χ2v) is 7.28. The van der Waals surface area contributed by atoms with Crippen LogP contribution in [0.2, 0.25) is 0 Å². The standard InChI is InChI=1S/C20H22N2O4S/c1-2-26-20(25)14-8-10-22(11-9-14)19(24)15-5-3-6-16(13-15)21-18(23)17-7-4-12-27-17/h3-7,12-14H,2,8-11H2,1H3,(H,21,23). The molecule has 0 atom stereocenters. The summed E-state index contributed by atoms with van der Waals surface area (Å²) in [5, 5.41) is 4.66. The van der Waals surface area contributed by atoms with Crippen LogP contribution in [-0.4, -0.2) is 42.4 Å². The van der Waals surface area contributed by atoms with Gasteiger partial charge in [-0.15, -0.1) is 11.3 Å². The average molecular weight is 386 g/mol. The molecule has 1 N–H and O–H groups in total. The molecule has 7 heteroatoms. The van der Waals surface area contributed by atoms with Gasteiger partial charge in [-0.2, -0.15) is 0 Å². The topological polar surface area (TPSA) is 75.7 Å². The number of piperidine rings is 1. The quantitative estimate of drug-likeness (QED) is 0.799. The van der Waals surface area contributed by atoms with E-state index in [0.29, 0.717) is 48.7 Å². The van der Waals surface area contributed by atoms with E-state index in [1.807, 2.05) is 11.4 Å². The minimum atomic E-state index is -0.190. The van der Waals surface area contributed by atoms with Gasteiger partial charge in [-0.05, 0) is 49.4 Å². The molecule has 0 unspecified atom stereocenters. The second-order valence-electron chi connectivity index (χ2n) is 6.33. The van der Waals surface area contributed by atoms with Crippen molar-refractivity contribution in [1.82, 2.24) is 4.90 Å². The number of esters is 1. The first kappa shape index (κ1) is 19.1. The first-order valence-electron chi connectivity index (χ1n) is 8.99. The molecule has 27 heavy (non-hydrogen) atoms. The van der Waals surface area contributed by atoms with Gasteiger partial charge in [-0.1, -0.05) is 12.1 Å². The van der Waals surface area contributed by atoms with Crippen molar-refractivity contribution in [3.8, 4) is 0 Å². The number of carbonyl (C=O) groups excluding carboxylic acids is 3. The molecule has 1 aromatic carbocycles. The third-order valence-corrected chi connectivity index (χ3v) is 5.38. The first-order chi connectivity index (χ1) is 13.1. The molecule has 1 aromatic heterocycles. The summed E-state index contributed by atoms with van der Waals surface area (Å²) in [6.45, 7) is 3.21. The predicted octanol–water partition coefficient (Wildman–Crippen LogP) is 3.42. The molecule has 142 valence electrons. The maximum absolute atomic E-state index is 12.8. The number of ether oxygens (including phenoxy) is 1. The van der Waals surface area contributed by atoms with E-state index in [4.69, 9.17) is 4.74 Å². The fraction of sp³-hybridized carbons (Fsp3) is 0.350. The van der Waals surface area contributed by atoms with Gasteiger partial charge in [0.1, 0.15) is 0 Å². The van der Waals surface area contributed by atoms with E-state index in [0.717, 1.165) is 0 Å². The minimum Gasteiger partial charge on any atom is -0.466 e. The van der Waals surface area contributed by atoms with Crippen molar-refractivity contribution in [2.45, 2.75) is 19.8 Å². The molecule has 2 amide bonds. The summed E-state index contributed by atoms with van der Waals surface area (Å²) in [7, 11) is 0. The summed E-state index contributed by atoms with van der Waals surface area (Å²) in [5.41, 5.74) is 1.11. The van der Waals surface area contributed by atoms with Gasteiger partial charge in [0.15, 0.2) is 0 Å². The number of hydrogen-bond donors (Lipinski definition) is 1. The number of hydrogen-bond acceptors (Lipinski definition) is 5. The lowest BCUT2D eigenvalue weighted by Gasteiger charge is -2.31. The SMILES string of the molecule is CCOC(=O)C1CCN(C(=O)c2cccc(NC(=O)c3cccs3)c2)CC1. The van der Waals surface area contributed by atoms with Crippen LogP contribution in [0.5, 0.6) is 0 Å². The Bertz CT molecular complexity index is 811. The third-order valence-electron chi connectivity index (χ3n) is 4.51. The van der Waals surface area contributed by atoms with Crippen LogP contribution in [0, 0.1) is 5.92 Å². The zero-order chi connectivity index (χ0) is 19.2. The summed E-state index contributed by atoms with van der Waals surface area (Å²) in [6, 6.07) is 10.5. The number of benzene rings is 1. The molecule has 1 aliphatic rings. The number of rotatable bonds is 5. The van der Waals surface area contributed by atoms with Crippen LogP contribution in [0.25, 0.3) is 0 Å². The second kappa shape index (κ2) is 8.81. The van der Waals surface area contributed by atoms with Crippen molar-refractivity contribution in [3.63, 3.8) is 0 Å². The Labute approximate surface area is 162 Å². The maximum Gasteiger partial charge on any atom is 0.309 e. The van der Waals surface area contributed by atoms with E-state index in [9.17, 15) is 14.4 Å². The molecule has 6 nitrogen and oxygen atoms in total. The number of anilines is 1. The van der Waals surface area contributed by atoms with Crippen LogP contribution in [0.3, 0.4) is 0 Å². The van der Waals surface area contributed by atoms with Crippen molar-refractivity contribution in [2.24, 2.45) is 5.92 Å². The highest BCUT2D eigenvalue weighted by molar-refractivity contribution is 7.12. The molecule has 2 heterocycles. The van der Waals surface area contributed by atoms with Crippen molar-refractivity contribution in [3.05, 3.63) is 52.2 Å². The fourth-order valence-corrected chi connectivity index (χ4v) is 3.71. The number of carbonyl (C=O) groups is 3. The monoisotopic (exact) mass is 386 g/mol. The van der Waals surface area contributed by atoms with Crippen molar-refractivity contribution < 1.29 is 19.1 Å². The van der Waals surface area contributed by atoms with Crippen LogP contribution in [-0.2, 0) is 9.53 Å². The van der Waals surface area contributed by atoms with Crippen molar-refractivity contribution in [2.75, 3.05) is 25.0 Å². The Hall–Kier alpha value is -2.67. The molecule has 1 saturated heterocycles. The highest BCUT2D eigenvalue weighted by Crippen LogP contribution is 2.22. The van der Waals surface area contributed by atoms with Crippen LogP contribution in [0.15, 0.2) is 41.8 Å². The molecular formula is C20H22N2O4S. The Morgan fingerprint density at radius 3 is 2.63 bits per heavy atom. The number of amides is 2. The van der Waals surface area contributed by atoms with E-state index in [2.05, 4.69) is 5.32 Å². The van der Waals surface area contributed by atoms with E-state index in [1.165, 1.54) is 11.3 Å². The zero-order valence-electron chi connectivity index (χ0n) is 15.1. The molecule has 0 saturated carbocycles. The molecule has 2 aromatic rings. The van der Waals surface area contributed by atoms with Gasteiger partial charge in [0.2, 0.25) is 0 Å². The molecule has 0 bridgehead atoms. The zero-order valence-corrected chi connectivity index (χ0v) is 16.0. The van der Waals surface area contributed by atoms with Gasteiger partial charge in [0, 0.05) is 24.3 Å². The summed E-state index contributed by atoms with van der Waals surface area (Å²) in [6.07, 6.45) is 1.22. The number of likely N-dealkylation sites (tertiary alicyclic amines) is 1. The van der Waals surface area contributed by atoms with Gasteiger partial charge in [0.25, 0.3) is 11.8 Å². The predicted molar refractivity (Wildman–Crippen MR) is 104 cm³/mol. The van der Waals surface area contributed by atoms with Gasteiger partial charge >= 0.3 is 5.97 Å². The summed E-state index contributed by atoms with van der Waals surface area (Å²) < 4.78 is 5.06. The van der Waals surface area contributed by atoms with Gasteiger partial charge in [-0.25, -0.2) is 0 Å². The lowest BCUT2D eigenvalue weighted by molar-refractivity contribution is -0.149. The smallest absolute Gasteiger partial charge is 0.309 e. The molecule has 0 aliphatic carbocycles. The summed E-state index contributed by atoms with van der Waals surface area (Å²) in [4.78, 5) is 39.1. The highest BCUT2D eigenvalue weighted by atomic mass is 32.1. The third kappa shape index (κ3) is 4.74. The van der Waals surface area contributed by atoms with Gasteiger partial charge < -0.3 is 15.0 Å². The number of thiophene rings is 1. The number of nitrogens with one attached hydrogen (secondary N) is 1. The fourth-order valence-electron chi connectivity index (χ4n) is 3.09. The Balaban J connectivity index is 1.61. The van der Waals surface area contributed by atoms with Crippen molar-refractivity contribution >= 4 is 34.8 Å². The maximum atomic E-state index is 12.8. The Morgan fingerprint density at radius 2 is 1.96 bits per heavy atom. The van der Waals surface area contributed by atoms with Crippen LogP contribution >= 0.6 is 11.3 Å². The van der Waals surface area contributed by atoms with E-state index in [-0.39, 0.29) is 23.7 Å². The van der Waals surface area contributed by atoms with Crippen molar-refractivity contribution in [1.29, 1.82) is 0 Å². The average Bonchev–Trinajstić information content (AvgIpc) is 3.23. The van der Waals surface area contributed by atoms with E-state index >= 15 is 0 Å². The molecule has 1 aliphatic heterocycles. The molecule has 0 radical (unpaired) electrons. The Morgan fingerprint density at radius 1 is 1.19 bits per heavy atom. The molecule has 3 rings (SSSR count). The summed E-state index contributed by atoms with van der Waals surface area (Å²) in [5.74, 6) is -0.595. The summed E-state index contributed by atoms with van der Waals surface area (Å²) >= 11 is 1.36. The normalized spacial score (nSPS) is 14.6. The van der Waals surface area contributed by atoms with E-state index < -0.39 is 0 Å². The lowest BCUT2D eigenvalue weighted by atomic mass is 9.96. The number of nitrogens with zero attached hydrogens (tertiary/aromatic N) is 1. The largest absolute Gasteiger partial charge is 0.466 e. The van der Waals surface area contributed by atoms with Crippen LogP contribution in [0.1, 0.15) is 39.8 Å². The van der Waals surface area contributed by atoms with Crippen LogP contribution < -0.4 is 5.32 Å². The molecule has 1 fully saturated rings. The van der Waals surface area contributed by atoms with Gasteiger partial charge in [0.05, 0.1) is 17.4 Å². The molecule has 0 spiro atoms. The van der Waals surface area contributed by atoms with E-state index in [1.54, 1.807) is 42.2 Å². The first-order valence-corrected chi connectivity index (χ1v) is 9.87. The minimum absolute atomic E-state index is 0.0930. The highest BCUT2D eigenvalue weighted by Gasteiger charge is 2.28.